The molecule has 4 heteroatoms. The molecule has 0 aliphatic heterocycles. The molecule has 19 heavy (non-hydrogen) atoms. The molecule has 4 nitrogen and oxygen atoms in total. The number of nitrogens with one attached hydrogen (secondary N) is 1. The first-order chi connectivity index (χ1) is 9.04. The van der Waals surface area contributed by atoms with Crippen molar-refractivity contribution < 1.29 is 4.79 Å². The number of carbonyl (C=O) groups excluding carboxylic acids is 1. The third-order valence-electron chi connectivity index (χ3n) is 3.05. The highest BCUT2D eigenvalue weighted by Gasteiger charge is 2.07. The summed E-state index contributed by atoms with van der Waals surface area (Å²) in [5, 5.41) is 2.93. The topological polar surface area (TPSA) is 46.4 Å². The molecule has 0 spiro atoms. The van der Waals surface area contributed by atoms with E-state index in [1.807, 2.05) is 35.9 Å². The zero-order valence-corrected chi connectivity index (χ0v) is 11.8. The van der Waals surface area contributed by atoms with Gasteiger partial charge in [-0.25, -0.2) is 4.98 Å². The van der Waals surface area contributed by atoms with E-state index in [2.05, 4.69) is 24.1 Å². The lowest BCUT2D eigenvalue weighted by molar-refractivity contribution is -0.120. The summed E-state index contributed by atoms with van der Waals surface area (Å²) in [7, 11) is 0. The van der Waals surface area contributed by atoms with Gasteiger partial charge in [0.05, 0.1) is 12.1 Å². The molecule has 0 aliphatic carbocycles. The van der Waals surface area contributed by atoms with Gasteiger partial charge in [-0.05, 0) is 37.0 Å². The highest BCUT2D eigenvalue weighted by molar-refractivity contribution is 5.78. The second-order valence-corrected chi connectivity index (χ2v) is 5.41. The lowest BCUT2D eigenvalue weighted by Crippen LogP contribution is -2.26. The summed E-state index contributed by atoms with van der Waals surface area (Å²) < 4.78 is 1.95. The molecule has 0 bridgehead atoms. The largest absolute Gasteiger partial charge is 0.356 e. The lowest BCUT2D eigenvalue weighted by Gasteiger charge is -2.05. The average Bonchev–Trinajstić information content (AvgIpc) is 2.69. The Morgan fingerprint density at radius 3 is 3.00 bits per heavy atom. The van der Waals surface area contributed by atoms with Crippen molar-refractivity contribution in [3.05, 3.63) is 35.8 Å². The molecule has 0 atom stereocenters. The highest BCUT2D eigenvalue weighted by atomic mass is 16.1. The molecule has 0 fully saturated rings. The first-order valence-corrected chi connectivity index (χ1v) is 6.75. The van der Waals surface area contributed by atoms with Crippen LogP contribution < -0.4 is 5.32 Å². The molecule has 0 saturated heterocycles. The molecule has 0 radical (unpaired) electrons. The molecule has 102 valence electrons. The SMILES string of the molecule is Cc1ccn2cc(CC(=O)NCCC(C)C)nc2c1. The lowest BCUT2D eigenvalue weighted by atomic mass is 10.1. The van der Waals surface area contributed by atoms with Crippen molar-refractivity contribution in [2.45, 2.75) is 33.6 Å². The summed E-state index contributed by atoms with van der Waals surface area (Å²) in [6.45, 7) is 7.07. The highest BCUT2D eigenvalue weighted by Crippen LogP contribution is 2.08. The number of imidazole rings is 1. The van der Waals surface area contributed by atoms with Crippen LogP contribution in [0.1, 0.15) is 31.5 Å². The molecule has 1 N–H and O–H groups in total. The fourth-order valence-corrected chi connectivity index (χ4v) is 1.95. The van der Waals surface area contributed by atoms with Crippen molar-refractivity contribution >= 4 is 11.6 Å². The van der Waals surface area contributed by atoms with Crippen LogP contribution in [0.5, 0.6) is 0 Å². The minimum Gasteiger partial charge on any atom is -0.356 e. The molecule has 2 rings (SSSR count). The van der Waals surface area contributed by atoms with Crippen molar-refractivity contribution in [3.63, 3.8) is 0 Å². The van der Waals surface area contributed by atoms with Gasteiger partial charge in [0, 0.05) is 18.9 Å². The van der Waals surface area contributed by atoms with Gasteiger partial charge in [-0.15, -0.1) is 0 Å². The van der Waals surface area contributed by atoms with Gasteiger partial charge in [-0.1, -0.05) is 13.8 Å². The van der Waals surface area contributed by atoms with E-state index in [1.54, 1.807) is 0 Å². The Balaban J connectivity index is 1.95. The van der Waals surface area contributed by atoms with Crippen molar-refractivity contribution in [3.8, 4) is 0 Å². The number of pyridine rings is 1. The molecular weight excluding hydrogens is 238 g/mol. The molecular formula is C15H21N3O. The Hall–Kier alpha value is -1.84. The van der Waals surface area contributed by atoms with E-state index < -0.39 is 0 Å². The van der Waals surface area contributed by atoms with Crippen LogP contribution in [0.2, 0.25) is 0 Å². The van der Waals surface area contributed by atoms with Crippen molar-refractivity contribution in [2.75, 3.05) is 6.54 Å². The summed E-state index contributed by atoms with van der Waals surface area (Å²) in [6.07, 6.45) is 5.24. The van der Waals surface area contributed by atoms with Gasteiger partial charge in [-0.3, -0.25) is 4.79 Å². The van der Waals surface area contributed by atoms with Crippen LogP contribution in [0.4, 0.5) is 0 Å². The first-order valence-electron chi connectivity index (χ1n) is 6.75. The van der Waals surface area contributed by atoms with E-state index in [0.717, 1.165) is 24.3 Å². The number of hydrogen-bond donors (Lipinski definition) is 1. The standard InChI is InChI=1S/C15H21N3O/c1-11(2)4-6-16-15(19)9-13-10-18-7-5-12(3)8-14(18)17-13/h5,7-8,10-11H,4,6,9H2,1-3H3,(H,16,19). The van der Waals surface area contributed by atoms with Crippen molar-refractivity contribution in [1.29, 1.82) is 0 Å². The van der Waals surface area contributed by atoms with Crippen LogP contribution in [0.3, 0.4) is 0 Å². The van der Waals surface area contributed by atoms with E-state index in [9.17, 15) is 4.79 Å². The predicted octanol–water partition coefficient (Wildman–Crippen LogP) is 2.35. The van der Waals surface area contributed by atoms with Gasteiger partial charge in [0.15, 0.2) is 0 Å². The molecule has 0 aromatic carbocycles. The number of hydrogen-bond acceptors (Lipinski definition) is 2. The first kappa shape index (κ1) is 13.6. The zero-order chi connectivity index (χ0) is 13.8. The van der Waals surface area contributed by atoms with E-state index in [-0.39, 0.29) is 5.91 Å². The second-order valence-electron chi connectivity index (χ2n) is 5.41. The number of aromatic nitrogens is 2. The van der Waals surface area contributed by atoms with Crippen LogP contribution in [0.15, 0.2) is 24.5 Å². The van der Waals surface area contributed by atoms with Gasteiger partial charge >= 0.3 is 0 Å². The van der Waals surface area contributed by atoms with E-state index in [0.29, 0.717) is 12.3 Å². The quantitative estimate of drug-likeness (QED) is 0.896. The van der Waals surface area contributed by atoms with E-state index in [1.165, 1.54) is 5.56 Å². The Bertz CT molecular complexity index is 572. The van der Waals surface area contributed by atoms with Gasteiger partial charge in [0.25, 0.3) is 0 Å². The molecule has 1 amide bonds. The minimum absolute atomic E-state index is 0.0424. The Morgan fingerprint density at radius 1 is 1.47 bits per heavy atom. The Kier molecular flexibility index (Phi) is 4.20. The van der Waals surface area contributed by atoms with Gasteiger partial charge in [0.1, 0.15) is 5.65 Å². The summed E-state index contributed by atoms with van der Waals surface area (Å²) in [6, 6.07) is 4.04. The Labute approximate surface area is 113 Å². The number of rotatable bonds is 5. The smallest absolute Gasteiger partial charge is 0.226 e. The number of amides is 1. The van der Waals surface area contributed by atoms with Crippen LogP contribution in [-0.4, -0.2) is 21.8 Å². The summed E-state index contributed by atoms with van der Waals surface area (Å²) >= 11 is 0. The van der Waals surface area contributed by atoms with Crippen LogP contribution >= 0.6 is 0 Å². The number of fused-ring (bicyclic) bond motifs is 1. The molecule has 2 aromatic rings. The van der Waals surface area contributed by atoms with Crippen LogP contribution in [0, 0.1) is 12.8 Å². The fraction of sp³-hybridized carbons (Fsp3) is 0.467. The molecule has 0 aliphatic rings. The molecule has 0 saturated carbocycles. The third kappa shape index (κ3) is 3.81. The third-order valence-corrected chi connectivity index (χ3v) is 3.05. The maximum absolute atomic E-state index is 11.8. The molecule has 0 unspecified atom stereocenters. The van der Waals surface area contributed by atoms with Crippen molar-refractivity contribution in [2.24, 2.45) is 5.92 Å². The van der Waals surface area contributed by atoms with Gasteiger partial charge in [-0.2, -0.15) is 0 Å². The zero-order valence-electron chi connectivity index (χ0n) is 11.8. The average molecular weight is 259 g/mol. The maximum atomic E-state index is 11.8. The van der Waals surface area contributed by atoms with Crippen LogP contribution in [0.25, 0.3) is 5.65 Å². The Morgan fingerprint density at radius 2 is 2.26 bits per heavy atom. The van der Waals surface area contributed by atoms with E-state index in [4.69, 9.17) is 0 Å². The monoisotopic (exact) mass is 259 g/mol. The molecule has 2 heterocycles. The second kappa shape index (κ2) is 5.87. The maximum Gasteiger partial charge on any atom is 0.226 e. The van der Waals surface area contributed by atoms with Gasteiger partial charge in [0.2, 0.25) is 5.91 Å². The summed E-state index contributed by atoms with van der Waals surface area (Å²) in [4.78, 5) is 16.2. The van der Waals surface area contributed by atoms with E-state index >= 15 is 0 Å². The number of carbonyl (C=O) groups is 1. The number of nitrogens with zero attached hydrogens (tertiary/aromatic N) is 2. The molecule has 2 aromatic heterocycles. The fourth-order valence-electron chi connectivity index (χ4n) is 1.95. The minimum atomic E-state index is 0.0424. The predicted molar refractivity (Wildman–Crippen MR) is 76.1 cm³/mol. The summed E-state index contributed by atoms with van der Waals surface area (Å²) in [5.74, 6) is 0.652. The van der Waals surface area contributed by atoms with Crippen molar-refractivity contribution in [1.82, 2.24) is 14.7 Å². The normalized spacial score (nSPS) is 11.2. The summed E-state index contributed by atoms with van der Waals surface area (Å²) in [5.41, 5.74) is 2.88. The van der Waals surface area contributed by atoms with Crippen LogP contribution in [-0.2, 0) is 11.2 Å². The van der Waals surface area contributed by atoms with Gasteiger partial charge < -0.3 is 9.72 Å². The number of aryl methyl sites for hydroxylation is 1.